The van der Waals surface area contributed by atoms with Gasteiger partial charge >= 0.3 is 0 Å². The molecular formula is C20H22N2O4. The molecule has 3 rings (SSSR count). The SMILES string of the molecule is COc1ccc(OC)c(NC(=O)[C@@H]2CC(=O)N(C)[C@H]2c2ccccc2)c1. The Bertz CT molecular complexity index is 807. The third kappa shape index (κ3) is 3.35. The monoisotopic (exact) mass is 354 g/mol. The summed E-state index contributed by atoms with van der Waals surface area (Å²) in [6.07, 6.45) is 0.175. The van der Waals surface area contributed by atoms with Gasteiger partial charge in [0.1, 0.15) is 11.5 Å². The first-order valence-corrected chi connectivity index (χ1v) is 8.38. The molecule has 6 heteroatoms. The maximum atomic E-state index is 13.0. The molecule has 1 aliphatic heterocycles. The Kier molecular flexibility index (Phi) is 5.11. The first-order valence-electron chi connectivity index (χ1n) is 8.38. The maximum absolute atomic E-state index is 13.0. The molecule has 1 aliphatic rings. The standard InChI is InChI=1S/C20H22N2O4/c1-22-18(23)12-15(19(22)13-7-5-4-6-8-13)20(24)21-16-11-14(25-2)9-10-17(16)26-3/h4-11,15,19H,12H2,1-3H3,(H,21,24)/t15-,19+/m1/s1. The number of hydrogen-bond acceptors (Lipinski definition) is 4. The molecule has 1 heterocycles. The number of benzene rings is 2. The normalized spacial score (nSPS) is 19.3. The number of carbonyl (C=O) groups is 2. The second-order valence-corrected chi connectivity index (χ2v) is 6.23. The molecule has 26 heavy (non-hydrogen) atoms. The lowest BCUT2D eigenvalue weighted by molar-refractivity contribution is -0.127. The van der Waals surface area contributed by atoms with Crippen LogP contribution in [0.1, 0.15) is 18.0 Å². The van der Waals surface area contributed by atoms with Gasteiger partial charge in [0.05, 0.1) is 31.9 Å². The summed E-state index contributed by atoms with van der Waals surface area (Å²) in [5.74, 6) is 0.402. The van der Waals surface area contributed by atoms with Gasteiger partial charge in [0.25, 0.3) is 0 Å². The van der Waals surface area contributed by atoms with E-state index in [1.807, 2.05) is 30.3 Å². The second kappa shape index (κ2) is 7.47. The predicted octanol–water partition coefficient (Wildman–Crippen LogP) is 2.86. The topological polar surface area (TPSA) is 67.9 Å². The number of rotatable bonds is 5. The molecule has 1 saturated heterocycles. The van der Waals surface area contributed by atoms with Gasteiger partial charge in [0, 0.05) is 19.5 Å². The number of methoxy groups -OCH3 is 2. The minimum absolute atomic E-state index is 0.0448. The Morgan fingerprint density at radius 1 is 1.12 bits per heavy atom. The van der Waals surface area contributed by atoms with Gasteiger partial charge in [-0.05, 0) is 17.7 Å². The van der Waals surface area contributed by atoms with Crippen LogP contribution in [0.5, 0.6) is 11.5 Å². The van der Waals surface area contributed by atoms with Gasteiger partial charge in [-0.15, -0.1) is 0 Å². The van der Waals surface area contributed by atoms with Crippen LogP contribution < -0.4 is 14.8 Å². The van der Waals surface area contributed by atoms with Crippen molar-refractivity contribution in [1.82, 2.24) is 4.90 Å². The van der Waals surface area contributed by atoms with Gasteiger partial charge in [0.15, 0.2) is 0 Å². The summed E-state index contributed by atoms with van der Waals surface area (Å²) >= 11 is 0. The van der Waals surface area contributed by atoms with Crippen molar-refractivity contribution < 1.29 is 19.1 Å². The van der Waals surface area contributed by atoms with Crippen molar-refractivity contribution in [2.24, 2.45) is 5.92 Å². The van der Waals surface area contributed by atoms with E-state index >= 15 is 0 Å². The largest absolute Gasteiger partial charge is 0.497 e. The average Bonchev–Trinajstić information content (AvgIpc) is 2.97. The van der Waals surface area contributed by atoms with E-state index in [1.54, 1.807) is 37.3 Å². The lowest BCUT2D eigenvalue weighted by Gasteiger charge is -2.25. The van der Waals surface area contributed by atoms with Crippen molar-refractivity contribution >= 4 is 17.5 Å². The van der Waals surface area contributed by atoms with Crippen LogP contribution in [0.3, 0.4) is 0 Å². The van der Waals surface area contributed by atoms with Gasteiger partial charge in [-0.3, -0.25) is 9.59 Å². The molecular weight excluding hydrogens is 332 g/mol. The summed E-state index contributed by atoms with van der Waals surface area (Å²) in [6, 6.07) is 14.5. The summed E-state index contributed by atoms with van der Waals surface area (Å²) in [5, 5.41) is 2.90. The van der Waals surface area contributed by atoms with Crippen LogP contribution in [0.2, 0.25) is 0 Å². The Labute approximate surface area is 152 Å². The molecule has 0 radical (unpaired) electrons. The Hall–Kier alpha value is -3.02. The number of carbonyl (C=O) groups excluding carboxylic acids is 2. The molecule has 2 amide bonds. The fourth-order valence-corrected chi connectivity index (χ4v) is 3.35. The van der Waals surface area contributed by atoms with Crippen LogP contribution in [0, 0.1) is 5.92 Å². The Balaban J connectivity index is 1.88. The van der Waals surface area contributed by atoms with E-state index in [4.69, 9.17) is 9.47 Å². The van der Waals surface area contributed by atoms with E-state index in [-0.39, 0.29) is 24.3 Å². The van der Waals surface area contributed by atoms with Crippen LogP contribution in [0.15, 0.2) is 48.5 Å². The first-order chi connectivity index (χ1) is 12.5. The Morgan fingerprint density at radius 2 is 1.85 bits per heavy atom. The number of ether oxygens (including phenoxy) is 2. The van der Waals surface area contributed by atoms with Gasteiger partial charge in [-0.25, -0.2) is 0 Å². The third-order valence-corrected chi connectivity index (χ3v) is 4.73. The van der Waals surface area contributed by atoms with Crippen molar-refractivity contribution in [3.63, 3.8) is 0 Å². The Morgan fingerprint density at radius 3 is 2.50 bits per heavy atom. The molecule has 0 bridgehead atoms. The fourth-order valence-electron chi connectivity index (χ4n) is 3.35. The summed E-state index contributed by atoms with van der Waals surface area (Å²) in [4.78, 5) is 26.9. The first kappa shape index (κ1) is 17.8. The second-order valence-electron chi connectivity index (χ2n) is 6.23. The minimum atomic E-state index is -0.481. The molecule has 136 valence electrons. The number of nitrogens with zero attached hydrogens (tertiary/aromatic N) is 1. The maximum Gasteiger partial charge on any atom is 0.230 e. The molecule has 6 nitrogen and oxygen atoms in total. The van der Waals surface area contributed by atoms with Gasteiger partial charge in [-0.1, -0.05) is 30.3 Å². The molecule has 2 atom stereocenters. The number of hydrogen-bond donors (Lipinski definition) is 1. The number of nitrogens with one attached hydrogen (secondary N) is 1. The van der Waals surface area contributed by atoms with E-state index in [0.717, 1.165) is 5.56 Å². The van der Waals surface area contributed by atoms with Crippen molar-refractivity contribution in [2.45, 2.75) is 12.5 Å². The van der Waals surface area contributed by atoms with Gasteiger partial charge in [0.2, 0.25) is 11.8 Å². The highest BCUT2D eigenvalue weighted by Gasteiger charge is 2.42. The van der Waals surface area contributed by atoms with Crippen LogP contribution >= 0.6 is 0 Å². The minimum Gasteiger partial charge on any atom is -0.497 e. The van der Waals surface area contributed by atoms with Crippen LogP contribution in [-0.4, -0.2) is 38.0 Å². The van der Waals surface area contributed by atoms with E-state index in [2.05, 4.69) is 5.32 Å². The number of amides is 2. The quantitative estimate of drug-likeness (QED) is 0.896. The van der Waals surface area contributed by atoms with Gasteiger partial charge < -0.3 is 19.7 Å². The van der Waals surface area contributed by atoms with Gasteiger partial charge in [-0.2, -0.15) is 0 Å². The molecule has 0 spiro atoms. The van der Waals surface area contributed by atoms with Crippen molar-refractivity contribution in [3.8, 4) is 11.5 Å². The van der Waals surface area contributed by atoms with E-state index in [1.165, 1.54) is 7.11 Å². The van der Waals surface area contributed by atoms with Crippen LogP contribution in [0.25, 0.3) is 0 Å². The average molecular weight is 354 g/mol. The molecule has 2 aromatic carbocycles. The molecule has 1 fully saturated rings. The van der Waals surface area contributed by atoms with E-state index < -0.39 is 5.92 Å². The third-order valence-electron chi connectivity index (χ3n) is 4.73. The van der Waals surface area contributed by atoms with Crippen LogP contribution in [-0.2, 0) is 9.59 Å². The smallest absolute Gasteiger partial charge is 0.230 e. The molecule has 1 N–H and O–H groups in total. The molecule has 0 saturated carbocycles. The molecule has 0 aromatic heterocycles. The highest BCUT2D eigenvalue weighted by Crippen LogP contribution is 2.38. The van der Waals surface area contributed by atoms with Crippen molar-refractivity contribution in [2.75, 3.05) is 26.6 Å². The van der Waals surface area contributed by atoms with E-state index in [9.17, 15) is 9.59 Å². The highest BCUT2D eigenvalue weighted by molar-refractivity contribution is 5.99. The fraction of sp³-hybridized carbons (Fsp3) is 0.300. The number of anilines is 1. The van der Waals surface area contributed by atoms with Crippen molar-refractivity contribution in [1.29, 1.82) is 0 Å². The molecule has 0 aliphatic carbocycles. The predicted molar refractivity (Wildman–Crippen MR) is 98.2 cm³/mol. The molecule has 2 aromatic rings. The van der Waals surface area contributed by atoms with E-state index in [0.29, 0.717) is 17.2 Å². The summed E-state index contributed by atoms with van der Waals surface area (Å²) in [7, 11) is 4.83. The van der Waals surface area contributed by atoms with Crippen molar-refractivity contribution in [3.05, 3.63) is 54.1 Å². The summed E-state index contributed by atoms with van der Waals surface area (Å²) < 4.78 is 10.5. The summed E-state index contributed by atoms with van der Waals surface area (Å²) in [6.45, 7) is 0. The summed E-state index contributed by atoms with van der Waals surface area (Å²) in [5.41, 5.74) is 1.46. The zero-order valence-corrected chi connectivity index (χ0v) is 15.1. The van der Waals surface area contributed by atoms with Crippen LogP contribution in [0.4, 0.5) is 5.69 Å². The number of likely N-dealkylation sites (tertiary alicyclic amines) is 1. The zero-order chi connectivity index (χ0) is 18.7. The lowest BCUT2D eigenvalue weighted by atomic mass is 9.93. The lowest BCUT2D eigenvalue weighted by Crippen LogP contribution is -2.30. The highest BCUT2D eigenvalue weighted by atomic mass is 16.5. The zero-order valence-electron chi connectivity index (χ0n) is 15.1. The molecule has 0 unspecified atom stereocenters.